The summed E-state index contributed by atoms with van der Waals surface area (Å²) >= 11 is 0. The highest BCUT2D eigenvalue weighted by Crippen LogP contribution is 2.40. The molecule has 2 aromatic rings. The Balaban J connectivity index is 1.98. The molecule has 2 amide bonds. The fourth-order valence-corrected chi connectivity index (χ4v) is 4.35. The third-order valence-corrected chi connectivity index (χ3v) is 6.56. The fourth-order valence-electron chi connectivity index (χ4n) is 4.35. The number of aliphatic hydroxyl groups is 1. The van der Waals surface area contributed by atoms with Crippen molar-refractivity contribution in [2.24, 2.45) is 5.73 Å². The molecule has 0 aliphatic carbocycles. The van der Waals surface area contributed by atoms with Crippen LogP contribution >= 0.6 is 0 Å². The third kappa shape index (κ3) is 6.92. The molecule has 1 saturated heterocycles. The number of nitrogens with two attached hydrogens (primary N) is 1. The van der Waals surface area contributed by atoms with Crippen molar-refractivity contribution in [1.82, 2.24) is 9.80 Å². The second-order valence-corrected chi connectivity index (χ2v) is 9.07. The molecule has 1 heterocycles. The van der Waals surface area contributed by atoms with E-state index >= 15 is 0 Å². The molecule has 9 heteroatoms. The van der Waals surface area contributed by atoms with Crippen molar-refractivity contribution in [1.29, 1.82) is 0 Å². The molecule has 0 saturated carbocycles. The summed E-state index contributed by atoms with van der Waals surface area (Å²) < 4.78 is 11.1. The van der Waals surface area contributed by atoms with Gasteiger partial charge in [0.15, 0.2) is 6.61 Å². The van der Waals surface area contributed by atoms with E-state index in [9.17, 15) is 19.5 Å². The first-order valence-electron chi connectivity index (χ1n) is 13.1. The monoisotopic (exact) mass is 523 g/mol. The zero-order chi connectivity index (χ0) is 27.7. The lowest BCUT2D eigenvalue weighted by molar-refractivity contribution is -0.140. The van der Waals surface area contributed by atoms with Crippen molar-refractivity contribution in [3.05, 3.63) is 65.2 Å². The van der Waals surface area contributed by atoms with Gasteiger partial charge in [0, 0.05) is 18.7 Å². The highest BCUT2D eigenvalue weighted by atomic mass is 16.5. The van der Waals surface area contributed by atoms with Gasteiger partial charge in [-0.05, 0) is 61.5 Å². The lowest BCUT2D eigenvalue weighted by atomic mass is 9.95. The average molecular weight is 524 g/mol. The van der Waals surface area contributed by atoms with Gasteiger partial charge in [-0.1, -0.05) is 39.3 Å². The summed E-state index contributed by atoms with van der Waals surface area (Å²) in [6, 6.07) is 12.8. The zero-order valence-corrected chi connectivity index (χ0v) is 22.3. The summed E-state index contributed by atoms with van der Waals surface area (Å²) in [6.07, 6.45) is 1.95. The predicted molar refractivity (Wildman–Crippen MR) is 145 cm³/mol. The van der Waals surface area contributed by atoms with E-state index in [1.165, 1.54) is 4.90 Å². The molecule has 2 aromatic carbocycles. The van der Waals surface area contributed by atoms with E-state index in [4.69, 9.17) is 15.2 Å². The van der Waals surface area contributed by atoms with Crippen LogP contribution in [0.2, 0.25) is 0 Å². The summed E-state index contributed by atoms with van der Waals surface area (Å²) in [4.78, 5) is 41.2. The van der Waals surface area contributed by atoms with Gasteiger partial charge in [-0.15, -0.1) is 0 Å². The third-order valence-electron chi connectivity index (χ3n) is 6.56. The summed E-state index contributed by atoms with van der Waals surface area (Å²) in [5.74, 6) is -1.14. The molecule has 9 nitrogen and oxygen atoms in total. The minimum absolute atomic E-state index is 0.0278. The molecule has 38 heavy (non-hydrogen) atoms. The molecule has 1 atom stereocenters. The van der Waals surface area contributed by atoms with Crippen molar-refractivity contribution in [3.63, 3.8) is 0 Å². The number of Topliss-reactive ketones (excluding diaryl/α,β-unsaturated/α-hetero) is 1. The van der Waals surface area contributed by atoms with Gasteiger partial charge in [0.1, 0.15) is 17.3 Å². The Hall–Kier alpha value is -3.85. The smallest absolute Gasteiger partial charge is 0.295 e. The highest BCUT2D eigenvalue weighted by Gasteiger charge is 2.46. The highest BCUT2D eigenvalue weighted by molar-refractivity contribution is 6.46. The van der Waals surface area contributed by atoms with Crippen molar-refractivity contribution in [3.8, 4) is 11.5 Å². The Morgan fingerprint density at radius 3 is 2.16 bits per heavy atom. The minimum Gasteiger partial charge on any atom is -0.507 e. The number of benzene rings is 2. The Bertz CT molecular complexity index is 1140. The van der Waals surface area contributed by atoms with Gasteiger partial charge in [0.25, 0.3) is 17.6 Å². The number of likely N-dealkylation sites (tertiary alicyclic amines) is 1. The van der Waals surface area contributed by atoms with E-state index in [-0.39, 0.29) is 17.9 Å². The number of rotatable bonds is 14. The molecule has 1 aliphatic rings. The van der Waals surface area contributed by atoms with Crippen LogP contribution in [0.3, 0.4) is 0 Å². The van der Waals surface area contributed by atoms with Crippen LogP contribution in [0.1, 0.15) is 50.8 Å². The molecule has 0 aromatic heterocycles. The summed E-state index contributed by atoms with van der Waals surface area (Å²) in [5.41, 5.74) is 6.23. The first-order chi connectivity index (χ1) is 18.3. The van der Waals surface area contributed by atoms with E-state index < -0.39 is 23.6 Å². The van der Waals surface area contributed by atoms with Gasteiger partial charge in [-0.3, -0.25) is 14.4 Å². The van der Waals surface area contributed by atoms with Gasteiger partial charge in [0.2, 0.25) is 0 Å². The van der Waals surface area contributed by atoms with Crippen molar-refractivity contribution < 1.29 is 29.0 Å². The number of carbonyl (C=O) groups is 3. The zero-order valence-electron chi connectivity index (χ0n) is 22.3. The number of nitrogens with zero attached hydrogens (tertiary/aromatic N) is 2. The van der Waals surface area contributed by atoms with Crippen LogP contribution in [0.25, 0.3) is 5.76 Å². The number of ketones is 1. The van der Waals surface area contributed by atoms with E-state index in [1.54, 1.807) is 48.5 Å². The topological polar surface area (TPSA) is 122 Å². The maximum Gasteiger partial charge on any atom is 0.295 e. The number of ether oxygens (including phenoxy) is 2. The second kappa shape index (κ2) is 13.6. The molecule has 0 bridgehead atoms. The molecule has 1 fully saturated rings. The van der Waals surface area contributed by atoms with Crippen molar-refractivity contribution >= 4 is 23.4 Å². The molecular weight excluding hydrogens is 486 g/mol. The van der Waals surface area contributed by atoms with Crippen LogP contribution in [-0.2, 0) is 14.4 Å². The number of primary amides is 1. The number of carbonyl (C=O) groups excluding carboxylic acids is 3. The van der Waals surface area contributed by atoms with Gasteiger partial charge in [-0.25, -0.2) is 0 Å². The normalized spacial score (nSPS) is 16.7. The maximum atomic E-state index is 13.3. The molecule has 1 unspecified atom stereocenters. The quantitative estimate of drug-likeness (QED) is 0.168. The van der Waals surface area contributed by atoms with Crippen molar-refractivity contribution in [2.75, 3.05) is 39.4 Å². The SMILES string of the molecule is CCCCOc1ccc(C(O)=C2C(=O)C(=O)N(CCN(CC)CC)C2c2ccc(OCC(N)=O)cc2)cc1. The number of aliphatic hydroxyl groups excluding tert-OH is 1. The van der Waals surface area contributed by atoms with Gasteiger partial charge in [0.05, 0.1) is 18.2 Å². The number of unbranched alkanes of at least 4 members (excludes halogenated alkanes) is 1. The van der Waals surface area contributed by atoms with E-state index in [2.05, 4.69) is 11.8 Å². The number of hydrogen-bond acceptors (Lipinski definition) is 7. The standard InChI is InChI=1S/C29H37N3O6/c1-4-7-18-37-22-14-10-21(11-15-22)27(34)25-26(20-8-12-23(13-9-20)38-19-24(30)33)32(29(36)28(25)35)17-16-31(5-2)6-3/h8-15,26,34H,4-7,16-19H2,1-3H3,(H2,30,33). The number of likely N-dealkylation sites (N-methyl/N-ethyl adjacent to an activating group) is 1. The second-order valence-electron chi connectivity index (χ2n) is 9.07. The summed E-state index contributed by atoms with van der Waals surface area (Å²) in [6.45, 7) is 9.01. The molecule has 0 spiro atoms. The Labute approximate surface area is 223 Å². The van der Waals surface area contributed by atoms with Crippen molar-refractivity contribution in [2.45, 2.75) is 39.7 Å². The minimum atomic E-state index is -0.781. The Morgan fingerprint density at radius 2 is 1.58 bits per heavy atom. The maximum absolute atomic E-state index is 13.3. The molecule has 3 rings (SSSR count). The summed E-state index contributed by atoms with van der Waals surface area (Å²) in [5, 5.41) is 11.3. The molecule has 3 N–H and O–H groups in total. The summed E-state index contributed by atoms with van der Waals surface area (Å²) in [7, 11) is 0. The first kappa shape index (κ1) is 28.7. The number of hydrogen-bond donors (Lipinski definition) is 2. The van der Waals surface area contributed by atoms with E-state index in [1.807, 2.05) is 13.8 Å². The Morgan fingerprint density at radius 1 is 0.974 bits per heavy atom. The predicted octanol–water partition coefficient (Wildman–Crippen LogP) is 3.49. The van der Waals surface area contributed by atoms with E-state index in [0.717, 1.165) is 25.9 Å². The molecule has 204 valence electrons. The van der Waals surface area contributed by atoms with Crippen LogP contribution in [0.15, 0.2) is 54.1 Å². The van der Waals surface area contributed by atoms with E-state index in [0.29, 0.717) is 42.3 Å². The van der Waals surface area contributed by atoms with Crippen LogP contribution < -0.4 is 15.2 Å². The molecule has 1 aliphatic heterocycles. The fraction of sp³-hybridized carbons (Fsp3) is 0.414. The number of amides is 2. The van der Waals surface area contributed by atoms with Crippen LogP contribution in [0, 0.1) is 0 Å². The van der Waals surface area contributed by atoms with Gasteiger partial charge < -0.3 is 30.1 Å². The Kier molecular flexibility index (Phi) is 10.3. The molecular formula is C29H37N3O6. The van der Waals surface area contributed by atoms with Crippen LogP contribution in [0.5, 0.6) is 11.5 Å². The van der Waals surface area contributed by atoms with Crippen LogP contribution in [0.4, 0.5) is 0 Å². The van der Waals surface area contributed by atoms with Crippen LogP contribution in [-0.4, -0.2) is 71.9 Å². The average Bonchev–Trinajstić information content (AvgIpc) is 3.18. The lowest BCUT2D eigenvalue weighted by Gasteiger charge is -2.28. The van der Waals surface area contributed by atoms with Gasteiger partial charge >= 0.3 is 0 Å². The first-order valence-corrected chi connectivity index (χ1v) is 13.1. The van der Waals surface area contributed by atoms with Gasteiger partial charge in [-0.2, -0.15) is 0 Å². The lowest BCUT2D eigenvalue weighted by Crippen LogP contribution is -2.38. The molecule has 0 radical (unpaired) electrons. The largest absolute Gasteiger partial charge is 0.507 e.